The number of anilines is 1. The molecule has 5 heteroatoms. The Morgan fingerprint density at radius 3 is 2.43 bits per heavy atom. The van der Waals surface area contributed by atoms with Crippen LogP contribution in [0.3, 0.4) is 0 Å². The summed E-state index contributed by atoms with van der Waals surface area (Å²) in [6.45, 7) is 2.01. The van der Waals surface area contributed by atoms with E-state index in [9.17, 15) is 4.79 Å². The van der Waals surface area contributed by atoms with Crippen LogP contribution in [0.1, 0.15) is 24.0 Å². The first-order chi connectivity index (χ1) is 11.0. The van der Waals surface area contributed by atoms with Gasteiger partial charge in [0.25, 0.3) is 0 Å². The number of amides is 2. The van der Waals surface area contributed by atoms with Crippen molar-refractivity contribution in [3.05, 3.63) is 58.1 Å². The third-order valence-corrected chi connectivity index (χ3v) is 5.03. The van der Waals surface area contributed by atoms with Gasteiger partial charge in [0.2, 0.25) is 0 Å². The molecule has 0 bridgehead atoms. The number of urea groups is 1. The van der Waals surface area contributed by atoms with Crippen LogP contribution in [0.4, 0.5) is 10.5 Å². The first-order valence-electron chi connectivity index (χ1n) is 7.52. The molecular weight excluding hydrogens is 356 g/mol. The minimum Gasteiger partial charge on any atom is -0.497 e. The highest BCUT2D eigenvalue weighted by Gasteiger charge is 2.45. The fourth-order valence-corrected chi connectivity index (χ4v) is 2.95. The molecule has 0 saturated heterocycles. The van der Waals surface area contributed by atoms with Gasteiger partial charge in [0.1, 0.15) is 5.75 Å². The molecule has 2 N–H and O–H groups in total. The average molecular weight is 375 g/mol. The van der Waals surface area contributed by atoms with E-state index in [0.717, 1.165) is 39.9 Å². The summed E-state index contributed by atoms with van der Waals surface area (Å²) in [5, 5.41) is 5.99. The molecule has 2 aromatic carbocycles. The van der Waals surface area contributed by atoms with E-state index in [-0.39, 0.29) is 11.6 Å². The summed E-state index contributed by atoms with van der Waals surface area (Å²) in [5.74, 6) is 0.818. The van der Waals surface area contributed by atoms with Gasteiger partial charge in [-0.15, -0.1) is 0 Å². The van der Waals surface area contributed by atoms with Crippen LogP contribution in [0.2, 0.25) is 0 Å². The van der Waals surface area contributed by atoms with E-state index in [1.807, 2.05) is 49.4 Å². The van der Waals surface area contributed by atoms with Crippen LogP contribution < -0.4 is 15.4 Å². The molecule has 2 aromatic rings. The third-order valence-electron chi connectivity index (χ3n) is 4.18. The summed E-state index contributed by atoms with van der Waals surface area (Å²) in [7, 11) is 1.65. The molecule has 0 atom stereocenters. The molecule has 1 aliphatic carbocycles. The molecule has 0 heterocycles. The number of carbonyl (C=O) groups excluding carboxylic acids is 1. The molecule has 0 unspecified atom stereocenters. The maximum atomic E-state index is 12.3. The minimum atomic E-state index is -0.252. The molecule has 1 aliphatic rings. The molecule has 0 radical (unpaired) electrons. The summed E-state index contributed by atoms with van der Waals surface area (Å²) in [5.41, 5.74) is 2.76. The highest BCUT2D eigenvalue weighted by Crippen LogP contribution is 2.45. The van der Waals surface area contributed by atoms with Crippen molar-refractivity contribution in [2.45, 2.75) is 25.3 Å². The molecule has 0 spiro atoms. The second-order valence-corrected chi connectivity index (χ2v) is 6.71. The summed E-state index contributed by atoms with van der Waals surface area (Å²) in [4.78, 5) is 12.3. The molecule has 2 amide bonds. The van der Waals surface area contributed by atoms with Crippen LogP contribution in [0.5, 0.6) is 5.75 Å². The Morgan fingerprint density at radius 2 is 1.87 bits per heavy atom. The Kier molecular flexibility index (Phi) is 4.31. The van der Waals surface area contributed by atoms with Crippen LogP contribution in [0, 0.1) is 6.92 Å². The van der Waals surface area contributed by atoms with Gasteiger partial charge in [0.15, 0.2) is 0 Å². The SMILES string of the molecule is COc1ccc(C2(NC(=O)Nc3ccc(C)c(Br)c3)CC2)cc1. The number of methoxy groups -OCH3 is 1. The topological polar surface area (TPSA) is 50.4 Å². The van der Waals surface area contributed by atoms with Gasteiger partial charge >= 0.3 is 6.03 Å². The Bertz CT molecular complexity index is 724. The number of carbonyl (C=O) groups is 1. The van der Waals surface area contributed by atoms with Crippen molar-refractivity contribution in [2.24, 2.45) is 0 Å². The maximum absolute atomic E-state index is 12.3. The number of rotatable bonds is 4. The highest BCUT2D eigenvalue weighted by molar-refractivity contribution is 9.10. The van der Waals surface area contributed by atoms with Gasteiger partial charge in [0, 0.05) is 10.2 Å². The Morgan fingerprint density at radius 1 is 1.17 bits per heavy atom. The van der Waals surface area contributed by atoms with E-state index in [2.05, 4.69) is 26.6 Å². The molecule has 23 heavy (non-hydrogen) atoms. The zero-order chi connectivity index (χ0) is 16.4. The number of halogens is 1. The van der Waals surface area contributed by atoms with Gasteiger partial charge < -0.3 is 15.4 Å². The van der Waals surface area contributed by atoms with Crippen molar-refractivity contribution >= 4 is 27.6 Å². The zero-order valence-electron chi connectivity index (χ0n) is 13.2. The van der Waals surface area contributed by atoms with Crippen LogP contribution in [0.15, 0.2) is 46.9 Å². The average Bonchev–Trinajstić information content (AvgIpc) is 3.31. The number of hydrogen-bond donors (Lipinski definition) is 2. The quantitative estimate of drug-likeness (QED) is 0.822. The number of nitrogens with one attached hydrogen (secondary N) is 2. The molecule has 1 fully saturated rings. The van der Waals surface area contributed by atoms with Crippen molar-refractivity contribution in [1.82, 2.24) is 5.32 Å². The fraction of sp³-hybridized carbons (Fsp3) is 0.278. The number of ether oxygens (including phenoxy) is 1. The minimum absolute atomic E-state index is 0.186. The first-order valence-corrected chi connectivity index (χ1v) is 8.31. The Labute approximate surface area is 144 Å². The standard InChI is InChI=1S/C18H19BrN2O2/c1-12-3-6-14(11-16(12)19)20-17(22)21-18(9-10-18)13-4-7-15(23-2)8-5-13/h3-8,11H,9-10H2,1-2H3,(H2,20,21,22). The lowest BCUT2D eigenvalue weighted by Gasteiger charge is -2.19. The van der Waals surface area contributed by atoms with Gasteiger partial charge in [-0.25, -0.2) is 4.79 Å². The zero-order valence-corrected chi connectivity index (χ0v) is 14.7. The summed E-state index contributed by atoms with van der Waals surface area (Å²) < 4.78 is 6.16. The molecule has 0 aliphatic heterocycles. The smallest absolute Gasteiger partial charge is 0.319 e. The van der Waals surface area contributed by atoms with Crippen LogP contribution in [-0.4, -0.2) is 13.1 Å². The van der Waals surface area contributed by atoms with Gasteiger partial charge in [-0.05, 0) is 55.2 Å². The van der Waals surface area contributed by atoms with Crippen molar-refractivity contribution in [2.75, 3.05) is 12.4 Å². The van der Waals surface area contributed by atoms with Gasteiger partial charge in [-0.2, -0.15) is 0 Å². The number of hydrogen-bond acceptors (Lipinski definition) is 2. The number of aryl methyl sites for hydroxylation is 1. The van der Waals surface area contributed by atoms with Crippen molar-refractivity contribution in [3.8, 4) is 5.75 Å². The molecule has 3 rings (SSSR count). The van der Waals surface area contributed by atoms with Crippen molar-refractivity contribution < 1.29 is 9.53 Å². The fourth-order valence-electron chi connectivity index (χ4n) is 2.57. The van der Waals surface area contributed by atoms with Gasteiger partial charge in [0.05, 0.1) is 12.6 Å². The van der Waals surface area contributed by atoms with Gasteiger partial charge in [-0.3, -0.25) is 0 Å². The molecular formula is C18H19BrN2O2. The predicted octanol–water partition coefficient (Wildman–Crippen LogP) is 4.58. The lowest BCUT2D eigenvalue weighted by atomic mass is 10.1. The summed E-state index contributed by atoms with van der Waals surface area (Å²) >= 11 is 3.48. The Hall–Kier alpha value is -2.01. The first kappa shape index (κ1) is 15.9. The normalized spacial score (nSPS) is 14.9. The van der Waals surface area contributed by atoms with Crippen LogP contribution >= 0.6 is 15.9 Å². The van der Waals surface area contributed by atoms with E-state index >= 15 is 0 Å². The van der Waals surface area contributed by atoms with E-state index in [4.69, 9.17) is 4.74 Å². The van der Waals surface area contributed by atoms with E-state index in [1.165, 1.54) is 0 Å². The second kappa shape index (κ2) is 6.24. The van der Waals surface area contributed by atoms with Gasteiger partial charge in [-0.1, -0.05) is 34.1 Å². The van der Waals surface area contributed by atoms with Crippen molar-refractivity contribution in [1.29, 1.82) is 0 Å². The molecule has 0 aromatic heterocycles. The predicted molar refractivity (Wildman–Crippen MR) is 94.9 cm³/mol. The molecule has 4 nitrogen and oxygen atoms in total. The monoisotopic (exact) mass is 374 g/mol. The van der Waals surface area contributed by atoms with Crippen molar-refractivity contribution in [3.63, 3.8) is 0 Å². The summed E-state index contributed by atoms with van der Waals surface area (Å²) in [6.07, 6.45) is 1.90. The third kappa shape index (κ3) is 3.50. The molecule has 120 valence electrons. The van der Waals surface area contributed by atoms with E-state index in [0.29, 0.717) is 0 Å². The highest BCUT2D eigenvalue weighted by atomic mass is 79.9. The van der Waals surface area contributed by atoms with E-state index in [1.54, 1.807) is 7.11 Å². The van der Waals surface area contributed by atoms with Crippen LogP contribution in [-0.2, 0) is 5.54 Å². The Balaban J connectivity index is 1.67. The van der Waals surface area contributed by atoms with E-state index < -0.39 is 0 Å². The van der Waals surface area contributed by atoms with Crippen LogP contribution in [0.25, 0.3) is 0 Å². The second-order valence-electron chi connectivity index (χ2n) is 5.85. The molecule has 1 saturated carbocycles. The summed E-state index contributed by atoms with van der Waals surface area (Å²) in [6, 6.07) is 13.4. The largest absolute Gasteiger partial charge is 0.497 e. The lowest BCUT2D eigenvalue weighted by molar-refractivity contribution is 0.247. The maximum Gasteiger partial charge on any atom is 0.319 e. The lowest BCUT2D eigenvalue weighted by Crippen LogP contribution is -2.38. The number of benzene rings is 2.